The molecule has 0 radical (unpaired) electrons. The van der Waals surface area contributed by atoms with Crippen molar-refractivity contribution in [2.75, 3.05) is 0 Å². The van der Waals surface area contributed by atoms with Crippen LogP contribution in [-0.4, -0.2) is 44.2 Å². The van der Waals surface area contributed by atoms with E-state index in [1.165, 1.54) is 6.07 Å². The van der Waals surface area contributed by atoms with Gasteiger partial charge in [-0.1, -0.05) is 6.07 Å². The van der Waals surface area contributed by atoms with Crippen LogP contribution in [0.3, 0.4) is 0 Å². The molecule has 1 aromatic carbocycles. The fourth-order valence-electron chi connectivity index (χ4n) is 1.14. The van der Waals surface area contributed by atoms with Gasteiger partial charge in [-0.3, -0.25) is 0 Å². The van der Waals surface area contributed by atoms with Gasteiger partial charge in [0.1, 0.15) is 0 Å². The summed E-state index contributed by atoms with van der Waals surface area (Å²) in [5, 5.41) is 26.0. The van der Waals surface area contributed by atoms with Crippen LogP contribution in [0.4, 0.5) is 0 Å². The monoisotopic (exact) mass is 246 g/mol. The highest BCUT2D eigenvalue weighted by Gasteiger charge is 2.22. The van der Waals surface area contributed by atoms with Gasteiger partial charge >= 0.3 is 17.9 Å². The SMILES string of the molecule is O.O.O=C(O)c1cccc(C(=O)O)c1C(=O)O. The van der Waals surface area contributed by atoms with E-state index >= 15 is 0 Å². The Balaban J connectivity index is 0. The molecule has 0 aliphatic heterocycles. The van der Waals surface area contributed by atoms with Crippen molar-refractivity contribution in [3.63, 3.8) is 0 Å². The topological polar surface area (TPSA) is 175 Å². The molecule has 8 nitrogen and oxygen atoms in total. The summed E-state index contributed by atoms with van der Waals surface area (Å²) in [6, 6.07) is 3.26. The van der Waals surface area contributed by atoms with E-state index in [2.05, 4.69) is 0 Å². The minimum absolute atomic E-state index is 0. The number of carboxylic acids is 3. The minimum Gasteiger partial charge on any atom is -0.478 e. The van der Waals surface area contributed by atoms with Crippen LogP contribution in [0.2, 0.25) is 0 Å². The molecule has 0 bridgehead atoms. The average Bonchev–Trinajstić information content (AvgIpc) is 2.16. The molecule has 0 unspecified atom stereocenters. The molecule has 1 aromatic rings. The molecule has 1 rings (SSSR count). The number of carbonyl (C=O) groups is 3. The number of hydrogen-bond donors (Lipinski definition) is 3. The Morgan fingerprint density at radius 2 is 1.12 bits per heavy atom. The summed E-state index contributed by atoms with van der Waals surface area (Å²) in [6.07, 6.45) is 0. The summed E-state index contributed by atoms with van der Waals surface area (Å²) in [6.45, 7) is 0. The Morgan fingerprint density at radius 3 is 1.35 bits per heavy atom. The molecular formula is C9H10O8. The van der Waals surface area contributed by atoms with Crippen LogP contribution < -0.4 is 0 Å². The number of benzene rings is 1. The lowest BCUT2D eigenvalue weighted by Gasteiger charge is -2.04. The van der Waals surface area contributed by atoms with Crippen LogP contribution in [0.15, 0.2) is 18.2 Å². The van der Waals surface area contributed by atoms with Crippen molar-refractivity contribution < 1.29 is 40.7 Å². The van der Waals surface area contributed by atoms with Gasteiger partial charge in [0, 0.05) is 0 Å². The quantitative estimate of drug-likeness (QED) is 0.624. The molecular weight excluding hydrogens is 236 g/mol. The van der Waals surface area contributed by atoms with E-state index in [-0.39, 0.29) is 11.0 Å². The zero-order chi connectivity index (χ0) is 11.6. The van der Waals surface area contributed by atoms with Crippen LogP contribution >= 0.6 is 0 Å². The number of aromatic carboxylic acids is 3. The Hall–Kier alpha value is -2.45. The average molecular weight is 246 g/mol. The van der Waals surface area contributed by atoms with Crippen molar-refractivity contribution >= 4 is 17.9 Å². The molecule has 7 N–H and O–H groups in total. The van der Waals surface area contributed by atoms with Crippen LogP contribution in [0.1, 0.15) is 31.1 Å². The van der Waals surface area contributed by atoms with Gasteiger partial charge in [-0.05, 0) is 12.1 Å². The van der Waals surface area contributed by atoms with Crippen molar-refractivity contribution in [3.8, 4) is 0 Å². The number of hydrogen-bond acceptors (Lipinski definition) is 3. The van der Waals surface area contributed by atoms with Gasteiger partial charge < -0.3 is 26.3 Å². The zero-order valence-corrected chi connectivity index (χ0v) is 8.30. The molecule has 0 amide bonds. The van der Waals surface area contributed by atoms with Gasteiger partial charge in [-0.15, -0.1) is 0 Å². The predicted molar refractivity (Wildman–Crippen MR) is 54.5 cm³/mol. The fourth-order valence-corrected chi connectivity index (χ4v) is 1.14. The Morgan fingerprint density at radius 1 is 0.765 bits per heavy atom. The third kappa shape index (κ3) is 3.26. The molecule has 0 saturated heterocycles. The second-order valence-electron chi connectivity index (χ2n) is 2.64. The van der Waals surface area contributed by atoms with E-state index in [4.69, 9.17) is 15.3 Å². The number of carboxylic acid groups (broad SMARTS) is 3. The molecule has 0 fully saturated rings. The normalized spacial score (nSPS) is 8.47. The summed E-state index contributed by atoms with van der Waals surface area (Å²) in [5.41, 5.74) is -1.79. The van der Waals surface area contributed by atoms with Gasteiger partial charge in [0.25, 0.3) is 0 Å². The molecule has 0 aliphatic rings. The maximum absolute atomic E-state index is 10.7. The molecule has 0 aromatic heterocycles. The third-order valence-electron chi connectivity index (χ3n) is 1.74. The van der Waals surface area contributed by atoms with Gasteiger partial charge in [0.2, 0.25) is 0 Å². The highest BCUT2D eigenvalue weighted by atomic mass is 16.4. The molecule has 17 heavy (non-hydrogen) atoms. The Bertz CT molecular complexity index is 418. The van der Waals surface area contributed by atoms with Gasteiger partial charge in [0.05, 0.1) is 16.7 Å². The number of rotatable bonds is 3. The predicted octanol–water partition coefficient (Wildman–Crippen LogP) is -0.868. The van der Waals surface area contributed by atoms with Crippen LogP contribution in [0, 0.1) is 0 Å². The standard InChI is InChI=1S/C9H6O6.2H2O/c10-7(11)4-2-1-3-5(8(12)13)6(4)9(14)15;;/h1-3H,(H,10,11)(H,12,13)(H,14,15);2*1H2. The van der Waals surface area contributed by atoms with E-state index in [1.54, 1.807) is 0 Å². The summed E-state index contributed by atoms with van der Waals surface area (Å²) in [5.74, 6) is -4.53. The highest BCUT2D eigenvalue weighted by molar-refractivity contribution is 6.08. The Kier molecular flexibility index (Phi) is 6.19. The van der Waals surface area contributed by atoms with Gasteiger partial charge in [0.15, 0.2) is 0 Å². The molecule has 0 spiro atoms. The summed E-state index contributed by atoms with van der Waals surface area (Å²) in [4.78, 5) is 32.0. The second-order valence-corrected chi connectivity index (χ2v) is 2.64. The first kappa shape index (κ1) is 17.0. The molecule has 0 aliphatic carbocycles. The van der Waals surface area contributed by atoms with E-state index in [0.717, 1.165) is 12.1 Å². The summed E-state index contributed by atoms with van der Waals surface area (Å²) < 4.78 is 0. The molecule has 0 atom stereocenters. The van der Waals surface area contributed by atoms with Gasteiger partial charge in [-0.2, -0.15) is 0 Å². The van der Waals surface area contributed by atoms with Crippen molar-refractivity contribution in [2.45, 2.75) is 0 Å². The fraction of sp³-hybridized carbons (Fsp3) is 0. The molecule has 0 heterocycles. The van der Waals surface area contributed by atoms with E-state index in [9.17, 15) is 14.4 Å². The maximum atomic E-state index is 10.7. The van der Waals surface area contributed by atoms with Crippen molar-refractivity contribution in [1.82, 2.24) is 0 Å². The first-order chi connectivity index (χ1) is 6.95. The zero-order valence-electron chi connectivity index (χ0n) is 8.30. The summed E-state index contributed by atoms with van der Waals surface area (Å²) in [7, 11) is 0. The molecule has 8 heteroatoms. The molecule has 0 saturated carbocycles. The van der Waals surface area contributed by atoms with E-state index in [1.807, 2.05) is 0 Å². The van der Waals surface area contributed by atoms with Crippen molar-refractivity contribution in [2.24, 2.45) is 0 Å². The Labute approximate surface area is 94.4 Å². The largest absolute Gasteiger partial charge is 0.478 e. The first-order valence-electron chi connectivity index (χ1n) is 3.78. The lowest BCUT2D eigenvalue weighted by Crippen LogP contribution is -2.14. The van der Waals surface area contributed by atoms with Crippen LogP contribution in [0.25, 0.3) is 0 Å². The minimum atomic E-state index is -1.58. The lowest BCUT2D eigenvalue weighted by atomic mass is 10.0. The van der Waals surface area contributed by atoms with Crippen LogP contribution in [-0.2, 0) is 0 Å². The van der Waals surface area contributed by atoms with E-state index in [0.29, 0.717) is 0 Å². The lowest BCUT2D eigenvalue weighted by molar-refractivity contribution is 0.0633. The third-order valence-corrected chi connectivity index (χ3v) is 1.74. The second kappa shape index (κ2) is 6.20. The van der Waals surface area contributed by atoms with Crippen molar-refractivity contribution in [3.05, 3.63) is 34.9 Å². The highest BCUT2D eigenvalue weighted by Crippen LogP contribution is 2.15. The first-order valence-corrected chi connectivity index (χ1v) is 3.78. The van der Waals surface area contributed by atoms with Crippen molar-refractivity contribution in [1.29, 1.82) is 0 Å². The van der Waals surface area contributed by atoms with E-state index < -0.39 is 34.6 Å². The van der Waals surface area contributed by atoms with Crippen LogP contribution in [0.5, 0.6) is 0 Å². The molecule has 94 valence electrons. The summed E-state index contributed by atoms with van der Waals surface area (Å²) >= 11 is 0. The van der Waals surface area contributed by atoms with Gasteiger partial charge in [-0.25, -0.2) is 14.4 Å². The smallest absolute Gasteiger partial charge is 0.337 e. The maximum Gasteiger partial charge on any atom is 0.337 e.